The van der Waals surface area contributed by atoms with E-state index in [4.69, 9.17) is 0 Å². The highest BCUT2D eigenvalue weighted by molar-refractivity contribution is 5.61. The number of nitrogens with zero attached hydrogens (tertiary/aromatic N) is 3. The molecule has 0 bridgehead atoms. The van der Waals surface area contributed by atoms with Crippen LogP contribution in [0.4, 0.5) is 0 Å². The predicted molar refractivity (Wildman–Crippen MR) is 88.2 cm³/mol. The Balaban J connectivity index is 2.08. The van der Waals surface area contributed by atoms with Crippen molar-refractivity contribution in [2.75, 3.05) is 13.2 Å². The van der Waals surface area contributed by atoms with Crippen LogP contribution >= 0.6 is 0 Å². The van der Waals surface area contributed by atoms with Gasteiger partial charge >= 0.3 is 0 Å². The van der Waals surface area contributed by atoms with Crippen molar-refractivity contribution in [2.45, 2.75) is 33.2 Å². The quantitative estimate of drug-likeness (QED) is 0.786. The Bertz CT molecular complexity index is 567. The third-order valence-electron chi connectivity index (χ3n) is 4.49. The zero-order chi connectivity index (χ0) is 16.0. The zero-order valence-corrected chi connectivity index (χ0v) is 13.7. The molecule has 2 aromatic heterocycles. The van der Waals surface area contributed by atoms with Crippen LogP contribution in [0.3, 0.4) is 0 Å². The maximum Gasteiger partial charge on any atom is 0.0983 e. The highest BCUT2D eigenvalue weighted by Gasteiger charge is 2.24. The largest absolute Gasteiger partial charge is 0.396 e. The number of aliphatic hydroxyl groups is 1. The number of hydrogen-bond donors (Lipinski definition) is 2. The average molecular weight is 302 g/mol. The molecule has 120 valence electrons. The molecule has 0 radical (unpaired) electrons. The molecule has 0 spiro atoms. The summed E-state index contributed by atoms with van der Waals surface area (Å²) in [4.78, 5) is 4.17. The number of rotatable bonds is 8. The topological polar surface area (TPSA) is 63.0 Å². The molecule has 5 nitrogen and oxygen atoms in total. The van der Waals surface area contributed by atoms with Crippen LogP contribution in [0.15, 0.2) is 30.7 Å². The second kappa shape index (κ2) is 7.51. The highest BCUT2D eigenvalue weighted by atomic mass is 16.3. The molecule has 0 atom stereocenters. The second-order valence-corrected chi connectivity index (χ2v) is 5.89. The third-order valence-corrected chi connectivity index (χ3v) is 4.49. The first-order valence-electron chi connectivity index (χ1n) is 7.88. The summed E-state index contributed by atoms with van der Waals surface area (Å²) in [6.07, 6.45) is 7.57. The molecule has 22 heavy (non-hydrogen) atoms. The van der Waals surface area contributed by atoms with E-state index in [1.807, 2.05) is 36.3 Å². The van der Waals surface area contributed by atoms with Gasteiger partial charge in [0.05, 0.1) is 5.69 Å². The summed E-state index contributed by atoms with van der Waals surface area (Å²) in [5.74, 6) is 0. The Morgan fingerprint density at radius 1 is 1.32 bits per heavy atom. The van der Waals surface area contributed by atoms with Crippen molar-refractivity contribution >= 4 is 0 Å². The average Bonchev–Trinajstić information content (AvgIpc) is 2.94. The van der Waals surface area contributed by atoms with Crippen LogP contribution in [0.5, 0.6) is 0 Å². The zero-order valence-electron chi connectivity index (χ0n) is 13.7. The van der Waals surface area contributed by atoms with Gasteiger partial charge in [0.2, 0.25) is 0 Å². The van der Waals surface area contributed by atoms with Crippen molar-refractivity contribution in [3.63, 3.8) is 0 Å². The summed E-state index contributed by atoms with van der Waals surface area (Å²) in [6.45, 7) is 6.02. The van der Waals surface area contributed by atoms with E-state index in [1.165, 1.54) is 0 Å². The molecule has 2 rings (SSSR count). The van der Waals surface area contributed by atoms with E-state index < -0.39 is 0 Å². The van der Waals surface area contributed by atoms with Crippen molar-refractivity contribution in [1.82, 2.24) is 20.1 Å². The Morgan fingerprint density at radius 3 is 2.68 bits per heavy atom. The Kier molecular flexibility index (Phi) is 5.69. The number of hydrogen-bond acceptors (Lipinski definition) is 4. The molecule has 2 heterocycles. The number of aryl methyl sites for hydroxylation is 1. The molecule has 0 fully saturated rings. The second-order valence-electron chi connectivity index (χ2n) is 5.89. The minimum Gasteiger partial charge on any atom is -0.396 e. The van der Waals surface area contributed by atoms with Gasteiger partial charge in [-0.3, -0.25) is 9.67 Å². The van der Waals surface area contributed by atoms with Crippen molar-refractivity contribution < 1.29 is 5.11 Å². The lowest BCUT2D eigenvalue weighted by Gasteiger charge is -2.29. The SMILES string of the molecule is CCC(CC)(CO)CNCc1cn(C)nc1-c1cccnc1. The fraction of sp³-hybridized carbons (Fsp3) is 0.529. The molecule has 0 unspecified atom stereocenters. The van der Waals surface area contributed by atoms with Gasteiger partial charge in [-0.2, -0.15) is 5.10 Å². The smallest absolute Gasteiger partial charge is 0.0983 e. The first kappa shape index (κ1) is 16.6. The molecule has 0 aliphatic carbocycles. The fourth-order valence-corrected chi connectivity index (χ4v) is 2.65. The van der Waals surface area contributed by atoms with Gasteiger partial charge in [0.1, 0.15) is 0 Å². The Hall–Kier alpha value is -1.72. The summed E-state index contributed by atoms with van der Waals surface area (Å²) < 4.78 is 1.83. The van der Waals surface area contributed by atoms with Crippen LogP contribution in [0.2, 0.25) is 0 Å². The highest BCUT2D eigenvalue weighted by Crippen LogP contribution is 2.25. The lowest BCUT2D eigenvalue weighted by molar-refractivity contribution is 0.113. The third kappa shape index (κ3) is 3.72. The van der Waals surface area contributed by atoms with E-state index >= 15 is 0 Å². The summed E-state index contributed by atoms with van der Waals surface area (Å²) in [5, 5.41) is 17.7. The van der Waals surface area contributed by atoms with Gasteiger partial charge in [-0.25, -0.2) is 0 Å². The van der Waals surface area contributed by atoms with E-state index in [0.29, 0.717) is 0 Å². The molecule has 0 amide bonds. The first-order valence-corrected chi connectivity index (χ1v) is 7.88. The van der Waals surface area contributed by atoms with Gasteiger partial charge in [0, 0.05) is 61.9 Å². The van der Waals surface area contributed by atoms with Gasteiger partial charge in [-0.05, 0) is 25.0 Å². The molecule has 2 aromatic rings. The molecule has 0 saturated carbocycles. The summed E-state index contributed by atoms with van der Waals surface area (Å²) in [6, 6.07) is 3.95. The molecule has 2 N–H and O–H groups in total. The Labute approximate surface area is 132 Å². The number of nitrogens with one attached hydrogen (secondary N) is 1. The maximum atomic E-state index is 9.65. The van der Waals surface area contributed by atoms with E-state index in [0.717, 1.165) is 42.8 Å². The van der Waals surface area contributed by atoms with Crippen molar-refractivity contribution in [3.05, 3.63) is 36.3 Å². The van der Waals surface area contributed by atoms with E-state index in [2.05, 4.69) is 29.2 Å². The summed E-state index contributed by atoms with van der Waals surface area (Å²) >= 11 is 0. The lowest BCUT2D eigenvalue weighted by atomic mass is 9.83. The van der Waals surface area contributed by atoms with E-state index in [9.17, 15) is 5.11 Å². The van der Waals surface area contributed by atoms with Crippen LogP contribution < -0.4 is 5.32 Å². The minimum atomic E-state index is -0.0311. The fourth-order valence-electron chi connectivity index (χ4n) is 2.65. The van der Waals surface area contributed by atoms with Crippen LogP contribution in [-0.4, -0.2) is 33.0 Å². The van der Waals surface area contributed by atoms with Crippen molar-refractivity contribution in [1.29, 1.82) is 0 Å². The monoisotopic (exact) mass is 302 g/mol. The van der Waals surface area contributed by atoms with Gasteiger partial charge in [0.15, 0.2) is 0 Å². The number of pyridine rings is 1. The maximum absolute atomic E-state index is 9.65. The lowest BCUT2D eigenvalue weighted by Crippen LogP contribution is -2.36. The molecular weight excluding hydrogens is 276 g/mol. The molecule has 0 saturated heterocycles. The number of aliphatic hydroxyl groups excluding tert-OH is 1. The van der Waals surface area contributed by atoms with Gasteiger partial charge in [0.25, 0.3) is 0 Å². The van der Waals surface area contributed by atoms with E-state index in [1.54, 1.807) is 6.20 Å². The first-order chi connectivity index (χ1) is 10.6. The van der Waals surface area contributed by atoms with Crippen molar-refractivity contribution in [3.8, 4) is 11.3 Å². The van der Waals surface area contributed by atoms with Crippen LogP contribution in [0, 0.1) is 5.41 Å². The van der Waals surface area contributed by atoms with Crippen LogP contribution in [-0.2, 0) is 13.6 Å². The standard InChI is InChI=1S/C17H26N4O/c1-4-17(5-2,13-22)12-19-10-15-11-21(3)20-16(15)14-7-6-8-18-9-14/h6-9,11,19,22H,4-5,10,12-13H2,1-3H3. The molecule has 0 aliphatic heterocycles. The summed E-state index contributed by atoms with van der Waals surface area (Å²) in [7, 11) is 1.93. The molecule has 5 heteroatoms. The minimum absolute atomic E-state index is 0.0311. The van der Waals surface area contributed by atoms with E-state index in [-0.39, 0.29) is 12.0 Å². The normalized spacial score (nSPS) is 11.8. The predicted octanol–water partition coefficient (Wildman–Crippen LogP) is 2.37. The molecule has 0 aromatic carbocycles. The Morgan fingerprint density at radius 2 is 2.09 bits per heavy atom. The van der Waals surface area contributed by atoms with Crippen LogP contribution in [0.25, 0.3) is 11.3 Å². The molecule has 0 aliphatic rings. The van der Waals surface area contributed by atoms with Gasteiger partial charge < -0.3 is 10.4 Å². The summed E-state index contributed by atoms with van der Waals surface area (Å²) in [5.41, 5.74) is 3.11. The van der Waals surface area contributed by atoms with Gasteiger partial charge in [-0.1, -0.05) is 13.8 Å². The van der Waals surface area contributed by atoms with Gasteiger partial charge in [-0.15, -0.1) is 0 Å². The van der Waals surface area contributed by atoms with Crippen LogP contribution in [0.1, 0.15) is 32.3 Å². The number of aromatic nitrogens is 3. The van der Waals surface area contributed by atoms with Crippen molar-refractivity contribution in [2.24, 2.45) is 12.5 Å². The molecular formula is C17H26N4O.